The number of hydrogen-bond donors (Lipinski definition) is 1. The highest BCUT2D eigenvalue weighted by Crippen LogP contribution is 2.28. The van der Waals surface area contributed by atoms with Crippen LogP contribution in [-0.2, 0) is 5.75 Å². The molecule has 0 atom stereocenters. The van der Waals surface area contributed by atoms with Crippen molar-refractivity contribution in [3.8, 4) is 22.8 Å². The van der Waals surface area contributed by atoms with Crippen molar-refractivity contribution in [2.45, 2.75) is 17.8 Å². The Morgan fingerprint density at radius 2 is 1.85 bits per heavy atom. The highest BCUT2D eigenvalue weighted by Gasteiger charge is 2.16. The van der Waals surface area contributed by atoms with Gasteiger partial charge in [-0.1, -0.05) is 53.7 Å². The van der Waals surface area contributed by atoms with Gasteiger partial charge in [0.1, 0.15) is 5.76 Å². The van der Waals surface area contributed by atoms with Crippen LogP contribution in [0.1, 0.15) is 11.5 Å². The number of thioether (sulfide) groups is 1. The SMILES string of the molecule is Cc1oc(-c2ccccc2)nc1CSc1nnc(-c2cccc(Cl)c2)n1N. The summed E-state index contributed by atoms with van der Waals surface area (Å²) in [4.78, 5) is 4.60. The van der Waals surface area contributed by atoms with Gasteiger partial charge in [-0.15, -0.1) is 10.2 Å². The lowest BCUT2D eigenvalue weighted by atomic mass is 10.2. The first-order valence-corrected chi connectivity index (χ1v) is 9.59. The van der Waals surface area contributed by atoms with Crippen LogP contribution in [0.4, 0.5) is 0 Å². The van der Waals surface area contributed by atoms with Gasteiger partial charge < -0.3 is 10.3 Å². The number of halogens is 1. The molecule has 2 heterocycles. The Labute approximate surface area is 165 Å². The van der Waals surface area contributed by atoms with Crippen molar-refractivity contribution >= 4 is 23.4 Å². The fourth-order valence-corrected chi connectivity index (χ4v) is 3.65. The maximum Gasteiger partial charge on any atom is 0.226 e. The number of nitrogens with zero attached hydrogens (tertiary/aromatic N) is 4. The molecule has 0 aliphatic rings. The number of oxazole rings is 1. The van der Waals surface area contributed by atoms with E-state index >= 15 is 0 Å². The number of aryl methyl sites for hydroxylation is 1. The summed E-state index contributed by atoms with van der Waals surface area (Å²) < 4.78 is 7.26. The first-order valence-electron chi connectivity index (χ1n) is 8.23. The number of rotatable bonds is 5. The van der Waals surface area contributed by atoms with Gasteiger partial charge >= 0.3 is 0 Å². The Morgan fingerprint density at radius 1 is 1.07 bits per heavy atom. The van der Waals surface area contributed by atoms with Crippen molar-refractivity contribution in [3.63, 3.8) is 0 Å². The van der Waals surface area contributed by atoms with Gasteiger partial charge in [-0.2, -0.15) is 0 Å². The van der Waals surface area contributed by atoms with Crippen LogP contribution in [-0.4, -0.2) is 19.9 Å². The lowest BCUT2D eigenvalue weighted by Gasteiger charge is -2.03. The van der Waals surface area contributed by atoms with E-state index in [-0.39, 0.29) is 0 Å². The number of hydrogen-bond acceptors (Lipinski definition) is 6. The summed E-state index contributed by atoms with van der Waals surface area (Å²) in [7, 11) is 0. The fourth-order valence-electron chi connectivity index (χ4n) is 2.60. The smallest absolute Gasteiger partial charge is 0.226 e. The van der Waals surface area contributed by atoms with E-state index < -0.39 is 0 Å². The normalized spacial score (nSPS) is 11.0. The molecular formula is C19H16ClN5OS. The van der Waals surface area contributed by atoms with Gasteiger partial charge in [0.15, 0.2) is 5.82 Å². The maximum atomic E-state index is 6.17. The molecule has 4 rings (SSSR count). The van der Waals surface area contributed by atoms with Crippen molar-refractivity contribution in [2.24, 2.45) is 0 Å². The van der Waals surface area contributed by atoms with Crippen LogP contribution in [0.2, 0.25) is 5.02 Å². The van der Waals surface area contributed by atoms with E-state index in [0.29, 0.717) is 27.6 Å². The molecule has 0 saturated carbocycles. The van der Waals surface area contributed by atoms with E-state index in [1.165, 1.54) is 16.4 Å². The Balaban J connectivity index is 1.52. The monoisotopic (exact) mass is 397 g/mol. The number of nitrogen functional groups attached to an aromatic ring is 1. The molecule has 0 amide bonds. The predicted octanol–water partition coefficient (Wildman–Crippen LogP) is 4.57. The predicted molar refractivity (Wildman–Crippen MR) is 107 cm³/mol. The minimum absolute atomic E-state index is 0.557. The third-order valence-electron chi connectivity index (χ3n) is 4.00. The van der Waals surface area contributed by atoms with Crippen molar-refractivity contribution in [3.05, 3.63) is 71.1 Å². The second kappa shape index (κ2) is 7.46. The molecule has 0 unspecified atom stereocenters. The molecule has 2 N–H and O–H groups in total. The Bertz CT molecular complexity index is 1080. The second-order valence-electron chi connectivity index (χ2n) is 5.86. The summed E-state index contributed by atoms with van der Waals surface area (Å²) in [6.07, 6.45) is 0. The molecule has 0 bridgehead atoms. The molecule has 0 spiro atoms. The molecule has 2 aromatic heterocycles. The first kappa shape index (κ1) is 17.6. The maximum absolute atomic E-state index is 6.17. The van der Waals surface area contributed by atoms with Crippen LogP contribution in [0.15, 0.2) is 64.2 Å². The molecule has 0 aliphatic carbocycles. The Kier molecular flexibility index (Phi) is 4.87. The van der Waals surface area contributed by atoms with Crippen LogP contribution in [0.25, 0.3) is 22.8 Å². The van der Waals surface area contributed by atoms with Crippen molar-refractivity contribution in [1.29, 1.82) is 0 Å². The average Bonchev–Trinajstić information content (AvgIpc) is 3.23. The third kappa shape index (κ3) is 3.70. The zero-order chi connectivity index (χ0) is 18.8. The molecule has 27 heavy (non-hydrogen) atoms. The van der Waals surface area contributed by atoms with E-state index in [9.17, 15) is 0 Å². The number of aromatic nitrogens is 4. The molecule has 0 saturated heterocycles. The molecule has 6 nitrogen and oxygen atoms in total. The molecule has 0 aliphatic heterocycles. The molecule has 4 aromatic rings. The number of benzene rings is 2. The molecular weight excluding hydrogens is 382 g/mol. The summed E-state index contributed by atoms with van der Waals surface area (Å²) >= 11 is 7.49. The molecule has 136 valence electrons. The minimum atomic E-state index is 0.557. The van der Waals surface area contributed by atoms with Gasteiger partial charge in [-0.3, -0.25) is 0 Å². The number of nitrogens with two attached hydrogens (primary N) is 1. The quantitative estimate of drug-likeness (QED) is 0.392. The average molecular weight is 398 g/mol. The largest absolute Gasteiger partial charge is 0.441 e. The zero-order valence-corrected chi connectivity index (χ0v) is 16.0. The van der Waals surface area contributed by atoms with E-state index in [0.717, 1.165) is 22.6 Å². The van der Waals surface area contributed by atoms with Gasteiger partial charge in [-0.05, 0) is 31.2 Å². The standard InChI is InChI=1S/C19H16ClN5OS/c1-12-16(22-18(26-12)13-6-3-2-4-7-13)11-27-19-24-23-17(25(19)21)14-8-5-9-15(20)10-14/h2-10H,11,21H2,1H3. The van der Waals surface area contributed by atoms with Crippen molar-refractivity contribution < 1.29 is 4.42 Å². The van der Waals surface area contributed by atoms with Crippen LogP contribution >= 0.6 is 23.4 Å². The molecule has 8 heteroatoms. The van der Waals surface area contributed by atoms with Gasteiger partial charge in [-0.25, -0.2) is 9.66 Å². The van der Waals surface area contributed by atoms with Crippen LogP contribution < -0.4 is 5.84 Å². The summed E-state index contributed by atoms with van der Waals surface area (Å²) in [5, 5.41) is 9.57. The topological polar surface area (TPSA) is 82.8 Å². The van der Waals surface area contributed by atoms with Crippen molar-refractivity contribution in [2.75, 3.05) is 5.84 Å². The van der Waals surface area contributed by atoms with Gasteiger partial charge in [0.2, 0.25) is 11.0 Å². The third-order valence-corrected chi connectivity index (χ3v) is 5.19. The minimum Gasteiger partial charge on any atom is -0.441 e. The Hall–Kier alpha value is -2.77. The van der Waals surface area contributed by atoms with Gasteiger partial charge in [0, 0.05) is 21.9 Å². The highest BCUT2D eigenvalue weighted by molar-refractivity contribution is 7.98. The van der Waals surface area contributed by atoms with Crippen LogP contribution in [0, 0.1) is 6.92 Å². The lowest BCUT2D eigenvalue weighted by molar-refractivity contribution is 0.540. The summed E-state index contributed by atoms with van der Waals surface area (Å²) in [5.74, 6) is 8.69. The van der Waals surface area contributed by atoms with E-state index in [2.05, 4.69) is 15.2 Å². The molecule has 0 fully saturated rings. The molecule has 0 radical (unpaired) electrons. The van der Waals surface area contributed by atoms with Crippen molar-refractivity contribution in [1.82, 2.24) is 19.9 Å². The van der Waals surface area contributed by atoms with Gasteiger partial charge in [0.05, 0.1) is 5.69 Å². The summed E-state index contributed by atoms with van der Waals surface area (Å²) in [6, 6.07) is 17.2. The molecule has 2 aromatic carbocycles. The summed E-state index contributed by atoms with van der Waals surface area (Å²) in [6.45, 7) is 1.90. The first-order chi connectivity index (χ1) is 13.1. The van der Waals surface area contributed by atoms with E-state index in [1.54, 1.807) is 12.1 Å². The summed E-state index contributed by atoms with van der Waals surface area (Å²) in [5.41, 5.74) is 2.61. The van der Waals surface area contributed by atoms with E-state index in [4.69, 9.17) is 21.9 Å². The van der Waals surface area contributed by atoms with Gasteiger partial charge in [0.25, 0.3) is 0 Å². The second-order valence-corrected chi connectivity index (χ2v) is 7.24. The van der Waals surface area contributed by atoms with Crippen LogP contribution in [0.3, 0.4) is 0 Å². The van der Waals surface area contributed by atoms with Crippen LogP contribution in [0.5, 0.6) is 0 Å². The Morgan fingerprint density at radius 3 is 2.63 bits per heavy atom. The fraction of sp³-hybridized carbons (Fsp3) is 0.105. The zero-order valence-electron chi connectivity index (χ0n) is 14.5. The van der Waals surface area contributed by atoms with E-state index in [1.807, 2.05) is 49.4 Å². The highest BCUT2D eigenvalue weighted by atomic mass is 35.5. The lowest BCUT2D eigenvalue weighted by Crippen LogP contribution is -2.11.